The van der Waals surface area contributed by atoms with Crippen LogP contribution in [0.1, 0.15) is 45.0 Å². The predicted molar refractivity (Wildman–Crippen MR) is 113 cm³/mol. The van der Waals surface area contributed by atoms with Crippen molar-refractivity contribution >= 4 is 30.0 Å². The zero-order chi connectivity index (χ0) is 20.2. The number of aromatic nitrogens is 2. The van der Waals surface area contributed by atoms with E-state index >= 15 is 0 Å². The van der Waals surface area contributed by atoms with Crippen molar-refractivity contribution in [1.82, 2.24) is 9.55 Å². The largest absolute Gasteiger partial charge is 0.459 e. The number of carbonyl (C=O) groups excluding carboxylic acids is 1. The number of halogens is 2. The number of nitrogens with two attached hydrogens (primary N) is 1. The smallest absolute Gasteiger partial charge is 0.326 e. The first-order valence-electron chi connectivity index (χ1n) is 8.83. The maximum absolute atomic E-state index is 12.3. The minimum Gasteiger partial charge on any atom is -0.459 e. The van der Waals surface area contributed by atoms with Gasteiger partial charge in [0.15, 0.2) is 0 Å². The van der Waals surface area contributed by atoms with Crippen molar-refractivity contribution in [2.24, 2.45) is 11.7 Å². The average molecular weight is 428 g/mol. The molecule has 0 radical (unpaired) electrons. The van der Waals surface area contributed by atoms with Crippen LogP contribution in [0.15, 0.2) is 41.5 Å². The van der Waals surface area contributed by atoms with Crippen molar-refractivity contribution in [3.8, 4) is 0 Å². The van der Waals surface area contributed by atoms with E-state index < -0.39 is 11.6 Å². The second kappa shape index (κ2) is 10.0. The summed E-state index contributed by atoms with van der Waals surface area (Å²) in [6, 6.07) is 8.65. The van der Waals surface area contributed by atoms with Gasteiger partial charge in [-0.15, -0.1) is 12.4 Å². The Hall–Kier alpha value is -1.89. The van der Waals surface area contributed by atoms with Crippen LogP contribution in [-0.2, 0) is 22.5 Å². The molecule has 8 heteroatoms. The highest BCUT2D eigenvalue weighted by Gasteiger charge is 2.19. The van der Waals surface area contributed by atoms with Gasteiger partial charge in [0.2, 0.25) is 0 Å². The minimum atomic E-state index is -0.596. The van der Waals surface area contributed by atoms with Gasteiger partial charge in [0.25, 0.3) is 5.56 Å². The molecule has 2 atom stereocenters. The Morgan fingerprint density at radius 3 is 2.43 bits per heavy atom. The van der Waals surface area contributed by atoms with Crippen LogP contribution in [0.2, 0.25) is 5.02 Å². The number of esters is 1. The number of hydrogen-bond donors (Lipinski definition) is 1. The zero-order valence-electron chi connectivity index (χ0n) is 16.5. The first kappa shape index (κ1) is 24.1. The van der Waals surface area contributed by atoms with E-state index in [1.54, 1.807) is 32.9 Å². The number of nitrogens with zero attached hydrogens (tertiary/aromatic N) is 2. The Morgan fingerprint density at radius 1 is 1.29 bits per heavy atom. The maximum Gasteiger partial charge on any atom is 0.326 e. The van der Waals surface area contributed by atoms with Gasteiger partial charge < -0.3 is 10.5 Å². The predicted octanol–water partition coefficient (Wildman–Crippen LogP) is 3.54. The van der Waals surface area contributed by atoms with Crippen molar-refractivity contribution in [2.75, 3.05) is 0 Å². The summed E-state index contributed by atoms with van der Waals surface area (Å²) in [6.45, 7) is 7.18. The summed E-state index contributed by atoms with van der Waals surface area (Å²) in [7, 11) is 0. The van der Waals surface area contributed by atoms with Gasteiger partial charge >= 0.3 is 5.97 Å². The van der Waals surface area contributed by atoms with E-state index in [4.69, 9.17) is 22.1 Å². The van der Waals surface area contributed by atoms with Crippen molar-refractivity contribution in [3.05, 3.63) is 63.3 Å². The normalized spacial score (nSPS) is 13.4. The fourth-order valence-electron chi connectivity index (χ4n) is 2.68. The zero-order valence-corrected chi connectivity index (χ0v) is 18.1. The molecule has 0 aliphatic rings. The summed E-state index contributed by atoms with van der Waals surface area (Å²) >= 11 is 5.91. The molecule has 0 aliphatic heterocycles. The van der Waals surface area contributed by atoms with Crippen LogP contribution in [0.5, 0.6) is 0 Å². The van der Waals surface area contributed by atoms with Gasteiger partial charge in [-0.25, -0.2) is 4.98 Å². The standard InChI is InChI=1S/C20H26ClN3O3.ClH/c1-13(19(22)14-5-7-15(21)8-6-14)9-16-10-17(25)24(12-23-16)11-18(26)27-20(2,3)4;/h5-8,10,12-13,19H,9,11,22H2,1-4H3;1H/t13-,19-;/m0./s1. The van der Waals surface area contributed by atoms with E-state index in [-0.39, 0.29) is 36.5 Å². The number of carbonyl (C=O) groups is 1. The van der Waals surface area contributed by atoms with Crippen LogP contribution in [0.3, 0.4) is 0 Å². The van der Waals surface area contributed by atoms with E-state index in [1.807, 2.05) is 19.1 Å². The Morgan fingerprint density at radius 2 is 1.89 bits per heavy atom. The molecule has 0 saturated heterocycles. The number of benzene rings is 1. The third-order valence-corrected chi connectivity index (χ3v) is 4.31. The van der Waals surface area contributed by atoms with E-state index in [9.17, 15) is 9.59 Å². The molecule has 0 spiro atoms. The molecular formula is C20H27Cl2N3O3. The Kier molecular flexibility index (Phi) is 8.67. The monoisotopic (exact) mass is 427 g/mol. The van der Waals surface area contributed by atoms with Gasteiger partial charge in [0.05, 0.1) is 6.33 Å². The van der Waals surface area contributed by atoms with Crippen LogP contribution in [0.4, 0.5) is 0 Å². The topological polar surface area (TPSA) is 87.2 Å². The molecule has 1 aromatic heterocycles. The third-order valence-electron chi connectivity index (χ3n) is 4.05. The molecule has 1 heterocycles. The minimum absolute atomic E-state index is 0. The molecule has 2 N–H and O–H groups in total. The van der Waals surface area contributed by atoms with Gasteiger partial charge in [0, 0.05) is 22.8 Å². The van der Waals surface area contributed by atoms with Gasteiger partial charge in [-0.2, -0.15) is 0 Å². The molecule has 0 bridgehead atoms. The Bertz CT molecular complexity index is 845. The summed E-state index contributed by atoms with van der Waals surface area (Å²) in [5, 5.41) is 0.661. The molecule has 154 valence electrons. The quantitative estimate of drug-likeness (QED) is 0.712. The molecule has 1 aromatic carbocycles. The Labute approximate surface area is 176 Å². The van der Waals surface area contributed by atoms with Crippen LogP contribution in [-0.4, -0.2) is 21.1 Å². The molecule has 28 heavy (non-hydrogen) atoms. The lowest BCUT2D eigenvalue weighted by molar-refractivity contribution is -0.155. The van der Waals surface area contributed by atoms with Gasteiger partial charge in [-0.1, -0.05) is 30.7 Å². The van der Waals surface area contributed by atoms with Crippen molar-refractivity contribution in [1.29, 1.82) is 0 Å². The molecule has 0 aliphatic carbocycles. The van der Waals surface area contributed by atoms with Crippen molar-refractivity contribution < 1.29 is 9.53 Å². The number of ether oxygens (including phenoxy) is 1. The lowest BCUT2D eigenvalue weighted by atomic mass is 9.91. The summed E-state index contributed by atoms with van der Waals surface area (Å²) < 4.78 is 6.47. The fraction of sp³-hybridized carbons (Fsp3) is 0.450. The van der Waals surface area contributed by atoms with Gasteiger partial charge in [-0.05, 0) is 50.8 Å². The highest BCUT2D eigenvalue weighted by molar-refractivity contribution is 6.30. The molecule has 0 unspecified atom stereocenters. The third kappa shape index (κ3) is 7.26. The first-order valence-corrected chi connectivity index (χ1v) is 9.21. The van der Waals surface area contributed by atoms with E-state index in [1.165, 1.54) is 17.0 Å². The summed E-state index contributed by atoms with van der Waals surface area (Å²) in [4.78, 5) is 28.4. The average Bonchev–Trinajstić information content (AvgIpc) is 2.55. The fourth-order valence-corrected chi connectivity index (χ4v) is 2.80. The number of hydrogen-bond acceptors (Lipinski definition) is 5. The molecule has 0 fully saturated rings. The molecule has 0 saturated carbocycles. The highest BCUT2D eigenvalue weighted by Crippen LogP contribution is 2.23. The Balaban J connectivity index is 0.00000392. The van der Waals surface area contributed by atoms with Crippen LogP contribution < -0.4 is 11.3 Å². The molecule has 6 nitrogen and oxygen atoms in total. The lowest BCUT2D eigenvalue weighted by Gasteiger charge is -2.21. The molecule has 2 aromatic rings. The lowest BCUT2D eigenvalue weighted by Crippen LogP contribution is -2.31. The second-order valence-corrected chi connectivity index (χ2v) is 8.13. The van der Waals surface area contributed by atoms with Gasteiger partial charge in [0.1, 0.15) is 12.1 Å². The first-order chi connectivity index (χ1) is 12.5. The molecule has 0 amide bonds. The molecular weight excluding hydrogens is 401 g/mol. The summed E-state index contributed by atoms with van der Waals surface area (Å²) in [5.74, 6) is -0.405. The van der Waals surface area contributed by atoms with Crippen LogP contribution in [0.25, 0.3) is 0 Å². The summed E-state index contributed by atoms with van der Waals surface area (Å²) in [5.41, 5.74) is 7.04. The van der Waals surface area contributed by atoms with Crippen LogP contribution >= 0.6 is 24.0 Å². The van der Waals surface area contributed by atoms with Crippen LogP contribution in [0, 0.1) is 5.92 Å². The highest BCUT2D eigenvalue weighted by atomic mass is 35.5. The molecule has 2 rings (SSSR count). The SMILES string of the molecule is C[C@@H](Cc1cc(=O)n(CC(=O)OC(C)(C)C)cn1)[C@H](N)c1ccc(Cl)cc1.Cl. The van der Waals surface area contributed by atoms with Gasteiger partial charge in [-0.3, -0.25) is 14.2 Å². The summed E-state index contributed by atoms with van der Waals surface area (Å²) in [6.07, 6.45) is 1.93. The van der Waals surface area contributed by atoms with Crippen molar-refractivity contribution in [3.63, 3.8) is 0 Å². The number of rotatable bonds is 6. The van der Waals surface area contributed by atoms with Crippen molar-refractivity contribution in [2.45, 2.75) is 52.3 Å². The van der Waals surface area contributed by atoms with E-state index in [2.05, 4.69) is 4.98 Å². The second-order valence-electron chi connectivity index (χ2n) is 7.69. The van der Waals surface area contributed by atoms with E-state index in [0.717, 1.165) is 5.56 Å². The maximum atomic E-state index is 12.3. The van der Waals surface area contributed by atoms with E-state index in [0.29, 0.717) is 17.1 Å².